The molecular formula is C27H29N3O3S. The van der Waals surface area contributed by atoms with E-state index >= 15 is 0 Å². The van der Waals surface area contributed by atoms with Gasteiger partial charge in [0.15, 0.2) is 0 Å². The number of amides is 3. The third-order valence-electron chi connectivity index (χ3n) is 4.72. The van der Waals surface area contributed by atoms with Crippen molar-refractivity contribution in [1.29, 1.82) is 0 Å². The Morgan fingerprint density at radius 2 is 1.35 bits per heavy atom. The van der Waals surface area contributed by atoms with Crippen LogP contribution in [-0.4, -0.2) is 29.0 Å². The Bertz CT molecular complexity index is 1170. The molecule has 6 nitrogen and oxygen atoms in total. The maximum atomic E-state index is 12.9. The van der Waals surface area contributed by atoms with Gasteiger partial charge in [-0.3, -0.25) is 14.4 Å². The van der Waals surface area contributed by atoms with Crippen LogP contribution in [0.5, 0.6) is 0 Å². The van der Waals surface area contributed by atoms with Crippen LogP contribution >= 0.6 is 11.8 Å². The molecule has 0 aromatic heterocycles. The Kier molecular flexibility index (Phi) is 8.12. The Balaban J connectivity index is 1.61. The Hall–Kier alpha value is -3.58. The summed E-state index contributed by atoms with van der Waals surface area (Å²) in [7, 11) is 0. The molecule has 0 fully saturated rings. The quantitative estimate of drug-likeness (QED) is 0.394. The predicted octanol–water partition coefficient (Wildman–Crippen LogP) is 5.51. The molecule has 7 heteroatoms. The van der Waals surface area contributed by atoms with E-state index in [1.807, 2.05) is 64.1 Å². The van der Waals surface area contributed by atoms with Crippen molar-refractivity contribution in [3.05, 3.63) is 89.5 Å². The standard InChI is InChI=1S/C27H29N3O3S/c1-18-9-13-20(14-10-18)28-24(31)17-34-23-8-6-5-7-22(23)26(33)29-21-15-11-19(12-16-21)25(32)30-27(2,3)4/h5-16H,17H2,1-4H3,(H,28,31)(H,29,33)(H,30,32). The van der Waals surface area contributed by atoms with Crippen molar-refractivity contribution in [2.24, 2.45) is 0 Å². The van der Waals surface area contributed by atoms with Gasteiger partial charge in [-0.05, 0) is 76.2 Å². The normalized spacial score (nSPS) is 10.9. The summed E-state index contributed by atoms with van der Waals surface area (Å²) < 4.78 is 0. The number of aryl methyl sites for hydroxylation is 1. The number of benzene rings is 3. The minimum atomic E-state index is -0.331. The molecule has 0 aliphatic heterocycles. The Morgan fingerprint density at radius 1 is 0.765 bits per heavy atom. The fraction of sp³-hybridized carbons (Fsp3) is 0.222. The molecule has 0 saturated carbocycles. The van der Waals surface area contributed by atoms with E-state index in [4.69, 9.17) is 0 Å². The van der Waals surface area contributed by atoms with E-state index in [0.717, 1.165) is 11.3 Å². The van der Waals surface area contributed by atoms with Gasteiger partial charge in [0, 0.05) is 27.4 Å². The average molecular weight is 476 g/mol. The maximum absolute atomic E-state index is 12.9. The zero-order valence-electron chi connectivity index (χ0n) is 19.8. The molecule has 34 heavy (non-hydrogen) atoms. The highest BCUT2D eigenvalue weighted by Crippen LogP contribution is 2.24. The first-order chi connectivity index (χ1) is 16.1. The van der Waals surface area contributed by atoms with Crippen molar-refractivity contribution in [1.82, 2.24) is 5.32 Å². The van der Waals surface area contributed by atoms with Crippen LogP contribution in [0.25, 0.3) is 0 Å². The molecule has 0 atom stereocenters. The lowest BCUT2D eigenvalue weighted by Gasteiger charge is -2.20. The topological polar surface area (TPSA) is 87.3 Å². The van der Waals surface area contributed by atoms with E-state index in [1.54, 1.807) is 36.4 Å². The van der Waals surface area contributed by atoms with Gasteiger partial charge in [0.2, 0.25) is 5.91 Å². The van der Waals surface area contributed by atoms with Gasteiger partial charge in [-0.2, -0.15) is 0 Å². The number of thioether (sulfide) groups is 1. The number of carbonyl (C=O) groups excluding carboxylic acids is 3. The minimum absolute atomic E-state index is 0.145. The maximum Gasteiger partial charge on any atom is 0.256 e. The average Bonchev–Trinajstić information content (AvgIpc) is 2.79. The van der Waals surface area contributed by atoms with Gasteiger partial charge >= 0.3 is 0 Å². The number of rotatable bonds is 7. The fourth-order valence-corrected chi connectivity index (χ4v) is 3.92. The van der Waals surface area contributed by atoms with Crippen LogP contribution in [0.4, 0.5) is 11.4 Å². The van der Waals surface area contributed by atoms with Crippen molar-refractivity contribution < 1.29 is 14.4 Å². The lowest BCUT2D eigenvalue weighted by atomic mass is 10.1. The summed E-state index contributed by atoms with van der Waals surface area (Å²) in [5.41, 5.74) is 3.10. The van der Waals surface area contributed by atoms with Gasteiger partial charge in [-0.15, -0.1) is 11.8 Å². The van der Waals surface area contributed by atoms with Crippen molar-refractivity contribution in [3.8, 4) is 0 Å². The Morgan fingerprint density at radius 3 is 2.00 bits per heavy atom. The fourth-order valence-electron chi connectivity index (χ4n) is 3.07. The first kappa shape index (κ1) is 25.1. The van der Waals surface area contributed by atoms with Crippen LogP contribution in [0, 0.1) is 6.92 Å². The summed E-state index contributed by atoms with van der Waals surface area (Å²) in [5.74, 6) is -0.423. The van der Waals surface area contributed by atoms with Crippen molar-refractivity contribution in [2.75, 3.05) is 16.4 Å². The van der Waals surface area contributed by atoms with E-state index in [-0.39, 0.29) is 29.0 Å². The second kappa shape index (κ2) is 11.0. The molecular weight excluding hydrogens is 446 g/mol. The number of hydrogen-bond donors (Lipinski definition) is 3. The van der Waals surface area contributed by atoms with Crippen LogP contribution in [0.2, 0.25) is 0 Å². The second-order valence-electron chi connectivity index (χ2n) is 8.93. The van der Waals surface area contributed by atoms with E-state index < -0.39 is 0 Å². The second-order valence-corrected chi connectivity index (χ2v) is 9.95. The zero-order valence-corrected chi connectivity index (χ0v) is 20.6. The molecule has 0 aliphatic rings. The summed E-state index contributed by atoms with van der Waals surface area (Å²) in [6.45, 7) is 7.74. The van der Waals surface area contributed by atoms with Crippen molar-refractivity contribution in [2.45, 2.75) is 38.1 Å². The van der Waals surface area contributed by atoms with Gasteiger partial charge < -0.3 is 16.0 Å². The molecule has 3 aromatic rings. The van der Waals surface area contributed by atoms with Crippen molar-refractivity contribution in [3.63, 3.8) is 0 Å². The first-order valence-electron chi connectivity index (χ1n) is 10.9. The zero-order chi connectivity index (χ0) is 24.7. The summed E-state index contributed by atoms with van der Waals surface area (Å²) >= 11 is 1.30. The smallest absolute Gasteiger partial charge is 0.256 e. The summed E-state index contributed by atoms with van der Waals surface area (Å²) in [5, 5.41) is 8.63. The van der Waals surface area contributed by atoms with Crippen LogP contribution < -0.4 is 16.0 Å². The number of hydrogen-bond acceptors (Lipinski definition) is 4. The van der Waals surface area contributed by atoms with Crippen molar-refractivity contribution >= 4 is 40.9 Å². The lowest BCUT2D eigenvalue weighted by Crippen LogP contribution is -2.40. The van der Waals surface area contributed by atoms with E-state index in [1.165, 1.54) is 11.8 Å². The molecule has 3 rings (SSSR count). The highest BCUT2D eigenvalue weighted by Gasteiger charge is 2.16. The molecule has 0 saturated heterocycles. The van der Waals surface area contributed by atoms with E-state index in [0.29, 0.717) is 21.7 Å². The van der Waals surface area contributed by atoms with Crippen LogP contribution in [0.1, 0.15) is 47.1 Å². The third-order valence-corrected chi connectivity index (χ3v) is 5.79. The van der Waals surface area contributed by atoms with Gasteiger partial charge in [-0.1, -0.05) is 29.8 Å². The van der Waals surface area contributed by atoms with Gasteiger partial charge in [0.05, 0.1) is 11.3 Å². The summed E-state index contributed by atoms with van der Waals surface area (Å²) in [6.07, 6.45) is 0. The predicted molar refractivity (Wildman–Crippen MR) is 139 cm³/mol. The molecule has 0 unspecified atom stereocenters. The molecule has 0 heterocycles. The van der Waals surface area contributed by atoms with E-state index in [2.05, 4.69) is 16.0 Å². The first-order valence-corrected chi connectivity index (χ1v) is 11.9. The molecule has 0 radical (unpaired) electrons. The SMILES string of the molecule is Cc1ccc(NC(=O)CSc2ccccc2C(=O)Nc2ccc(C(=O)NC(C)(C)C)cc2)cc1. The lowest BCUT2D eigenvalue weighted by molar-refractivity contribution is -0.113. The van der Waals surface area contributed by atoms with Gasteiger partial charge in [0.25, 0.3) is 11.8 Å². The molecule has 0 bridgehead atoms. The van der Waals surface area contributed by atoms with Crippen LogP contribution in [0.3, 0.4) is 0 Å². The molecule has 3 amide bonds. The highest BCUT2D eigenvalue weighted by molar-refractivity contribution is 8.00. The summed E-state index contributed by atoms with van der Waals surface area (Å²) in [6, 6.07) is 21.5. The monoisotopic (exact) mass is 475 g/mol. The molecule has 0 aliphatic carbocycles. The van der Waals surface area contributed by atoms with Gasteiger partial charge in [0.1, 0.15) is 0 Å². The highest BCUT2D eigenvalue weighted by atomic mass is 32.2. The van der Waals surface area contributed by atoms with Crippen LogP contribution in [-0.2, 0) is 4.79 Å². The number of nitrogens with one attached hydrogen (secondary N) is 3. The van der Waals surface area contributed by atoms with Crippen LogP contribution in [0.15, 0.2) is 77.7 Å². The summed E-state index contributed by atoms with van der Waals surface area (Å²) in [4.78, 5) is 38.2. The third kappa shape index (κ3) is 7.49. The van der Waals surface area contributed by atoms with Gasteiger partial charge in [-0.25, -0.2) is 0 Å². The Labute approximate surface area is 204 Å². The number of carbonyl (C=O) groups is 3. The molecule has 0 spiro atoms. The largest absolute Gasteiger partial charge is 0.347 e. The number of anilines is 2. The molecule has 176 valence electrons. The molecule has 3 aromatic carbocycles. The van der Waals surface area contributed by atoms with E-state index in [9.17, 15) is 14.4 Å². The molecule has 3 N–H and O–H groups in total. The minimum Gasteiger partial charge on any atom is -0.347 e.